The number of ether oxygens (including phenoxy) is 1. The van der Waals surface area contributed by atoms with Gasteiger partial charge in [-0.1, -0.05) is 26.8 Å². The van der Waals surface area contributed by atoms with Gasteiger partial charge >= 0.3 is 5.97 Å². The van der Waals surface area contributed by atoms with E-state index in [9.17, 15) is 14.9 Å². The summed E-state index contributed by atoms with van der Waals surface area (Å²) in [4.78, 5) is 22.4. The first-order valence-electron chi connectivity index (χ1n) is 8.81. The van der Waals surface area contributed by atoms with E-state index in [4.69, 9.17) is 0 Å². The lowest BCUT2D eigenvalue weighted by Gasteiger charge is -2.39. The fraction of sp³-hybridized carbons (Fsp3) is 0.632. The van der Waals surface area contributed by atoms with Gasteiger partial charge < -0.3 is 10.1 Å². The number of hydrogen-bond acceptors (Lipinski definition) is 5. The average molecular weight is 348 g/mol. The van der Waals surface area contributed by atoms with E-state index in [2.05, 4.69) is 30.8 Å². The fourth-order valence-corrected chi connectivity index (χ4v) is 4.03. The van der Waals surface area contributed by atoms with Gasteiger partial charge in [0.1, 0.15) is 5.69 Å². The summed E-state index contributed by atoms with van der Waals surface area (Å²) in [6, 6.07) is 5.40. The molecule has 1 aromatic carbocycles. The quantitative estimate of drug-likeness (QED) is 0.470. The monoisotopic (exact) mass is 348 g/mol. The highest BCUT2D eigenvalue weighted by Crippen LogP contribution is 2.40. The third-order valence-corrected chi connectivity index (χ3v) is 4.85. The summed E-state index contributed by atoms with van der Waals surface area (Å²) in [7, 11) is 1.34. The number of nitro groups is 1. The van der Waals surface area contributed by atoms with Crippen molar-refractivity contribution >= 4 is 17.3 Å². The van der Waals surface area contributed by atoms with E-state index < -0.39 is 0 Å². The largest absolute Gasteiger partial charge is 0.469 e. The van der Waals surface area contributed by atoms with E-state index in [1.807, 2.05) is 6.07 Å². The first-order chi connectivity index (χ1) is 11.7. The van der Waals surface area contributed by atoms with Crippen molar-refractivity contribution in [1.82, 2.24) is 0 Å². The van der Waals surface area contributed by atoms with Crippen LogP contribution in [-0.2, 0) is 16.0 Å². The van der Waals surface area contributed by atoms with Gasteiger partial charge in [-0.05, 0) is 48.6 Å². The van der Waals surface area contributed by atoms with Crippen molar-refractivity contribution in [2.24, 2.45) is 11.3 Å². The van der Waals surface area contributed by atoms with Crippen LogP contribution in [0.4, 0.5) is 11.4 Å². The zero-order valence-corrected chi connectivity index (χ0v) is 15.5. The second kappa shape index (κ2) is 7.85. The molecule has 6 heteroatoms. The van der Waals surface area contributed by atoms with Crippen molar-refractivity contribution < 1.29 is 14.5 Å². The minimum absolute atomic E-state index is 0.0680. The van der Waals surface area contributed by atoms with E-state index in [1.54, 1.807) is 12.1 Å². The molecule has 0 spiro atoms. The van der Waals surface area contributed by atoms with Gasteiger partial charge in [0, 0.05) is 18.5 Å². The maximum atomic E-state index is 11.5. The van der Waals surface area contributed by atoms with Crippen molar-refractivity contribution in [3.63, 3.8) is 0 Å². The minimum atomic E-state index is -0.360. The highest BCUT2D eigenvalue weighted by atomic mass is 16.6. The minimum Gasteiger partial charge on any atom is -0.469 e. The summed E-state index contributed by atoms with van der Waals surface area (Å²) in [5, 5.41) is 14.9. The van der Waals surface area contributed by atoms with Crippen LogP contribution in [-0.4, -0.2) is 24.0 Å². The molecule has 1 aliphatic carbocycles. The Bertz CT molecular complexity index is 642. The number of aryl methyl sites for hydroxylation is 1. The van der Waals surface area contributed by atoms with Crippen LogP contribution < -0.4 is 5.32 Å². The van der Waals surface area contributed by atoms with E-state index in [1.165, 1.54) is 13.5 Å². The lowest BCUT2D eigenvalue weighted by molar-refractivity contribution is -0.384. The van der Waals surface area contributed by atoms with Gasteiger partial charge in [-0.25, -0.2) is 0 Å². The Balaban J connectivity index is 2.14. The standard InChI is InChI=1S/C19H28N2O4/c1-13-9-15(12-19(2,3)11-13)20-16-7-5-14(6-8-18(22)25-4)10-17(16)21(23)24/h5,7,10,13,15,20H,6,8-9,11-12H2,1-4H3/t13-,15+/m1/s1. The molecule has 1 aliphatic rings. The van der Waals surface area contributed by atoms with Crippen molar-refractivity contribution in [2.75, 3.05) is 12.4 Å². The van der Waals surface area contributed by atoms with Crippen LogP contribution in [0.2, 0.25) is 0 Å². The Kier molecular flexibility index (Phi) is 6.03. The Morgan fingerprint density at radius 2 is 2.12 bits per heavy atom. The molecule has 2 atom stereocenters. The first kappa shape index (κ1) is 19.2. The van der Waals surface area contributed by atoms with E-state index in [-0.39, 0.29) is 34.5 Å². The molecule has 1 aromatic rings. The molecule has 1 N–H and O–H groups in total. The molecule has 0 bridgehead atoms. The number of benzene rings is 1. The number of nitrogens with zero attached hydrogens (tertiary/aromatic N) is 1. The SMILES string of the molecule is COC(=O)CCc1ccc(N[C@H]2C[C@@H](C)CC(C)(C)C2)c([N+](=O)[O-])c1. The van der Waals surface area contributed by atoms with Gasteiger partial charge in [-0.3, -0.25) is 14.9 Å². The number of nitrogens with one attached hydrogen (secondary N) is 1. The molecule has 25 heavy (non-hydrogen) atoms. The van der Waals surface area contributed by atoms with Gasteiger partial charge in [-0.2, -0.15) is 0 Å². The van der Waals surface area contributed by atoms with Crippen LogP contribution in [0.3, 0.4) is 0 Å². The average Bonchev–Trinajstić information content (AvgIpc) is 2.51. The van der Waals surface area contributed by atoms with Gasteiger partial charge in [-0.15, -0.1) is 0 Å². The number of hydrogen-bond donors (Lipinski definition) is 1. The van der Waals surface area contributed by atoms with Crippen LogP contribution in [0.5, 0.6) is 0 Å². The number of anilines is 1. The number of methoxy groups -OCH3 is 1. The maximum absolute atomic E-state index is 11.5. The summed E-state index contributed by atoms with van der Waals surface area (Å²) in [5.41, 5.74) is 1.63. The Hall–Kier alpha value is -2.11. The number of carbonyl (C=O) groups is 1. The van der Waals surface area contributed by atoms with Crippen LogP contribution in [0.25, 0.3) is 0 Å². The molecule has 0 aromatic heterocycles. The van der Waals surface area contributed by atoms with E-state index in [0.717, 1.165) is 18.4 Å². The summed E-state index contributed by atoms with van der Waals surface area (Å²) >= 11 is 0. The molecular formula is C19H28N2O4. The van der Waals surface area contributed by atoms with Crippen molar-refractivity contribution in [3.05, 3.63) is 33.9 Å². The zero-order valence-electron chi connectivity index (χ0n) is 15.5. The summed E-state index contributed by atoms with van der Waals surface area (Å²) in [6.07, 6.45) is 3.85. The van der Waals surface area contributed by atoms with Crippen molar-refractivity contribution in [2.45, 2.75) is 58.9 Å². The van der Waals surface area contributed by atoms with Crippen molar-refractivity contribution in [1.29, 1.82) is 0 Å². The predicted octanol–water partition coefficient (Wildman–Crippen LogP) is 4.33. The molecule has 0 radical (unpaired) electrons. The van der Waals surface area contributed by atoms with Crippen LogP contribution in [0.1, 0.15) is 52.0 Å². The number of rotatable bonds is 6. The molecule has 6 nitrogen and oxygen atoms in total. The molecule has 0 amide bonds. The normalized spacial score (nSPS) is 22.2. The number of nitro benzene ring substituents is 1. The summed E-state index contributed by atoms with van der Waals surface area (Å²) < 4.78 is 4.62. The van der Waals surface area contributed by atoms with Crippen molar-refractivity contribution in [3.8, 4) is 0 Å². The molecule has 1 saturated carbocycles. The first-order valence-corrected chi connectivity index (χ1v) is 8.81. The van der Waals surface area contributed by atoms with Crippen LogP contribution >= 0.6 is 0 Å². The second-order valence-electron chi connectivity index (χ2n) is 7.94. The van der Waals surface area contributed by atoms with Gasteiger partial charge in [0.15, 0.2) is 0 Å². The highest BCUT2D eigenvalue weighted by Gasteiger charge is 2.32. The Morgan fingerprint density at radius 1 is 1.40 bits per heavy atom. The lowest BCUT2D eigenvalue weighted by Crippen LogP contribution is -2.35. The van der Waals surface area contributed by atoms with Gasteiger partial charge in [0.2, 0.25) is 0 Å². The zero-order chi connectivity index (χ0) is 18.6. The van der Waals surface area contributed by atoms with Crippen LogP contribution in [0.15, 0.2) is 18.2 Å². The summed E-state index contributed by atoms with van der Waals surface area (Å²) in [6.45, 7) is 6.74. The topological polar surface area (TPSA) is 81.5 Å². The highest BCUT2D eigenvalue weighted by molar-refractivity contribution is 5.70. The lowest BCUT2D eigenvalue weighted by atomic mass is 9.70. The Labute approximate surface area is 149 Å². The smallest absolute Gasteiger partial charge is 0.305 e. The predicted molar refractivity (Wildman–Crippen MR) is 97.6 cm³/mol. The molecule has 0 aliphatic heterocycles. The molecule has 0 saturated heterocycles. The molecule has 0 heterocycles. The third kappa shape index (κ3) is 5.44. The third-order valence-electron chi connectivity index (χ3n) is 4.85. The molecule has 138 valence electrons. The molecule has 1 fully saturated rings. The maximum Gasteiger partial charge on any atom is 0.305 e. The summed E-state index contributed by atoms with van der Waals surface area (Å²) in [5.74, 6) is 0.280. The molecule has 2 rings (SSSR count). The number of carbonyl (C=O) groups excluding carboxylic acids is 1. The molecular weight excluding hydrogens is 320 g/mol. The Morgan fingerprint density at radius 3 is 2.72 bits per heavy atom. The van der Waals surface area contributed by atoms with Gasteiger partial charge in [0.05, 0.1) is 12.0 Å². The fourth-order valence-electron chi connectivity index (χ4n) is 4.03. The second-order valence-corrected chi connectivity index (χ2v) is 7.94. The number of esters is 1. The molecule has 0 unspecified atom stereocenters. The van der Waals surface area contributed by atoms with E-state index >= 15 is 0 Å². The van der Waals surface area contributed by atoms with Gasteiger partial charge in [0.25, 0.3) is 5.69 Å². The van der Waals surface area contributed by atoms with E-state index in [0.29, 0.717) is 18.0 Å². The van der Waals surface area contributed by atoms with Crippen LogP contribution in [0, 0.1) is 21.4 Å².